The van der Waals surface area contributed by atoms with Gasteiger partial charge in [0.05, 0.1) is 18.2 Å². The quantitative estimate of drug-likeness (QED) is 0.771. The fourth-order valence-corrected chi connectivity index (χ4v) is 5.22. The van der Waals surface area contributed by atoms with E-state index in [4.69, 9.17) is 12.2 Å². The van der Waals surface area contributed by atoms with E-state index in [1.807, 2.05) is 31.2 Å². The zero-order chi connectivity index (χ0) is 16.8. The Bertz CT molecular complexity index is 900. The Hall–Kier alpha value is -1.32. The van der Waals surface area contributed by atoms with Gasteiger partial charge in [-0.2, -0.15) is 0 Å². The molecule has 2 aromatic rings. The van der Waals surface area contributed by atoms with Gasteiger partial charge in [-0.15, -0.1) is 5.10 Å². The molecule has 9 heteroatoms. The molecule has 0 amide bonds. The molecule has 1 saturated heterocycles. The fourth-order valence-electron chi connectivity index (χ4n) is 3.14. The summed E-state index contributed by atoms with van der Waals surface area (Å²) in [6.07, 6.45) is 0.674. The Kier molecular flexibility index (Phi) is 4.28. The summed E-state index contributed by atoms with van der Waals surface area (Å²) < 4.78 is 27.6. The number of hydrogen-bond donors (Lipinski definition) is 0. The summed E-state index contributed by atoms with van der Waals surface area (Å²) in [5.41, 5.74) is 1.90. The van der Waals surface area contributed by atoms with Crippen LogP contribution in [0.15, 0.2) is 6.07 Å². The molecule has 1 fully saturated rings. The van der Waals surface area contributed by atoms with Gasteiger partial charge >= 0.3 is 0 Å². The Labute approximate surface area is 140 Å². The van der Waals surface area contributed by atoms with Crippen LogP contribution < -0.4 is 0 Å². The largest absolute Gasteiger partial charge is 0.281 e. The Morgan fingerprint density at radius 3 is 2.78 bits per heavy atom. The molecular weight excluding hydrogens is 334 g/mol. The lowest BCUT2D eigenvalue weighted by atomic mass is 10.2. The minimum absolute atomic E-state index is 0.0347. The molecule has 2 aromatic heterocycles. The predicted molar refractivity (Wildman–Crippen MR) is 90.7 cm³/mol. The summed E-state index contributed by atoms with van der Waals surface area (Å²) in [6, 6.07) is 2.00. The van der Waals surface area contributed by atoms with Gasteiger partial charge in [0.15, 0.2) is 9.84 Å². The molecule has 7 nitrogen and oxygen atoms in total. The molecule has 3 rings (SSSR count). The first-order valence-corrected chi connectivity index (χ1v) is 9.92. The van der Waals surface area contributed by atoms with Crippen LogP contribution in [0.1, 0.15) is 24.7 Å². The Morgan fingerprint density at radius 1 is 1.43 bits per heavy atom. The van der Waals surface area contributed by atoms with Crippen LogP contribution in [0.4, 0.5) is 0 Å². The normalized spacial score (nSPS) is 20.6. The third kappa shape index (κ3) is 3.17. The first kappa shape index (κ1) is 16.5. The molecule has 0 N–H and O–H groups in total. The molecule has 1 aliphatic rings. The molecule has 0 radical (unpaired) electrons. The van der Waals surface area contributed by atoms with Crippen molar-refractivity contribution in [3.8, 4) is 0 Å². The monoisotopic (exact) mass is 355 g/mol. The summed E-state index contributed by atoms with van der Waals surface area (Å²) in [5.74, 6) is 1.07. The van der Waals surface area contributed by atoms with Crippen molar-refractivity contribution in [1.29, 1.82) is 0 Å². The van der Waals surface area contributed by atoms with Gasteiger partial charge in [-0.3, -0.25) is 9.30 Å². The first-order valence-electron chi connectivity index (χ1n) is 7.69. The van der Waals surface area contributed by atoms with E-state index in [1.165, 1.54) is 0 Å². The van der Waals surface area contributed by atoms with E-state index in [0.29, 0.717) is 23.6 Å². The van der Waals surface area contributed by atoms with Gasteiger partial charge < -0.3 is 0 Å². The fraction of sp³-hybridized carbons (Fsp3) is 0.643. The lowest BCUT2D eigenvalue weighted by Gasteiger charge is -2.25. The van der Waals surface area contributed by atoms with Gasteiger partial charge in [0.2, 0.25) is 4.77 Å². The molecule has 23 heavy (non-hydrogen) atoms. The molecule has 0 unspecified atom stereocenters. The molecule has 3 heterocycles. The van der Waals surface area contributed by atoms with E-state index in [-0.39, 0.29) is 17.5 Å². The standard InChI is InChI=1S/C14H21N5O2S2/c1-4-17(12-5-6-23(20,21)8-12)9-18-14(22)19-11(3)7-10(2)15-13(19)16-18/h7,12H,4-6,8-9H2,1-3H3/t12-/m1/s1. The topological polar surface area (TPSA) is 72.5 Å². The highest BCUT2D eigenvalue weighted by atomic mass is 32.2. The van der Waals surface area contributed by atoms with Gasteiger partial charge in [0.25, 0.3) is 5.78 Å². The molecular formula is C14H21N5O2S2. The highest BCUT2D eigenvalue weighted by Crippen LogP contribution is 2.18. The van der Waals surface area contributed by atoms with Gasteiger partial charge in [0.1, 0.15) is 0 Å². The second-order valence-corrected chi connectivity index (χ2v) is 8.65. The predicted octanol–water partition coefficient (Wildman–Crippen LogP) is 1.34. The van der Waals surface area contributed by atoms with Crippen LogP contribution in [0.5, 0.6) is 0 Å². The molecule has 1 aliphatic heterocycles. The van der Waals surface area contributed by atoms with E-state index in [0.717, 1.165) is 17.9 Å². The van der Waals surface area contributed by atoms with Gasteiger partial charge in [0, 0.05) is 17.4 Å². The number of hydrogen-bond acceptors (Lipinski definition) is 6. The third-order valence-electron chi connectivity index (χ3n) is 4.32. The number of sulfone groups is 1. The zero-order valence-corrected chi connectivity index (χ0v) is 15.2. The highest BCUT2D eigenvalue weighted by molar-refractivity contribution is 7.91. The molecule has 0 bridgehead atoms. The van der Waals surface area contributed by atoms with Crippen molar-refractivity contribution in [2.45, 2.75) is 39.9 Å². The Morgan fingerprint density at radius 2 is 2.17 bits per heavy atom. The summed E-state index contributed by atoms with van der Waals surface area (Å²) in [4.78, 5) is 6.54. The molecule has 0 aromatic carbocycles. The van der Waals surface area contributed by atoms with E-state index in [1.54, 1.807) is 4.68 Å². The van der Waals surface area contributed by atoms with Crippen molar-refractivity contribution in [3.63, 3.8) is 0 Å². The Balaban J connectivity index is 1.93. The van der Waals surface area contributed by atoms with Crippen molar-refractivity contribution in [3.05, 3.63) is 22.2 Å². The minimum atomic E-state index is -2.90. The summed E-state index contributed by atoms with van der Waals surface area (Å²) in [6.45, 7) is 7.16. The van der Waals surface area contributed by atoms with Crippen LogP contribution >= 0.6 is 12.2 Å². The molecule has 0 aliphatic carbocycles. The van der Waals surface area contributed by atoms with Crippen LogP contribution in [0, 0.1) is 18.6 Å². The van der Waals surface area contributed by atoms with Crippen molar-refractivity contribution < 1.29 is 8.42 Å². The van der Waals surface area contributed by atoms with Crippen molar-refractivity contribution in [2.24, 2.45) is 0 Å². The third-order valence-corrected chi connectivity index (χ3v) is 6.46. The van der Waals surface area contributed by atoms with Gasteiger partial charge in [-0.25, -0.2) is 18.1 Å². The van der Waals surface area contributed by atoms with Crippen LogP contribution in [0.3, 0.4) is 0 Å². The number of rotatable bonds is 4. The molecule has 0 spiro atoms. The highest BCUT2D eigenvalue weighted by Gasteiger charge is 2.32. The maximum absolute atomic E-state index is 11.7. The lowest BCUT2D eigenvalue weighted by Crippen LogP contribution is -2.37. The van der Waals surface area contributed by atoms with E-state index in [2.05, 4.69) is 15.0 Å². The maximum Gasteiger partial charge on any atom is 0.254 e. The van der Waals surface area contributed by atoms with Gasteiger partial charge in [-0.05, 0) is 45.1 Å². The number of nitrogens with zero attached hydrogens (tertiary/aromatic N) is 5. The lowest BCUT2D eigenvalue weighted by molar-refractivity contribution is 0.164. The van der Waals surface area contributed by atoms with Crippen LogP contribution in [-0.2, 0) is 16.5 Å². The van der Waals surface area contributed by atoms with Crippen LogP contribution in [0.25, 0.3) is 5.78 Å². The van der Waals surface area contributed by atoms with Gasteiger partial charge in [-0.1, -0.05) is 6.92 Å². The van der Waals surface area contributed by atoms with Crippen LogP contribution in [-0.4, -0.2) is 56.6 Å². The smallest absolute Gasteiger partial charge is 0.254 e. The number of aryl methyl sites for hydroxylation is 2. The average Bonchev–Trinajstić information content (AvgIpc) is 2.96. The van der Waals surface area contributed by atoms with Crippen molar-refractivity contribution in [1.82, 2.24) is 24.1 Å². The number of aromatic nitrogens is 4. The molecule has 126 valence electrons. The summed E-state index contributed by atoms with van der Waals surface area (Å²) >= 11 is 5.52. The minimum Gasteiger partial charge on any atom is -0.281 e. The zero-order valence-electron chi connectivity index (χ0n) is 13.6. The second-order valence-electron chi connectivity index (χ2n) is 6.06. The van der Waals surface area contributed by atoms with E-state index in [9.17, 15) is 8.42 Å². The second kappa shape index (κ2) is 5.95. The first-order chi connectivity index (χ1) is 10.8. The van der Waals surface area contributed by atoms with E-state index < -0.39 is 9.84 Å². The maximum atomic E-state index is 11.7. The van der Waals surface area contributed by atoms with Crippen molar-refractivity contribution in [2.75, 3.05) is 18.1 Å². The SMILES string of the molecule is CCN(Cn1nc2nc(C)cc(C)n2c1=S)[C@@H]1CCS(=O)(=O)C1. The summed E-state index contributed by atoms with van der Waals surface area (Å²) in [5, 5.41) is 4.50. The molecule has 1 atom stereocenters. The van der Waals surface area contributed by atoms with Crippen LogP contribution in [0.2, 0.25) is 0 Å². The number of fused-ring (bicyclic) bond motifs is 1. The molecule has 0 saturated carbocycles. The van der Waals surface area contributed by atoms with E-state index >= 15 is 0 Å². The summed E-state index contributed by atoms with van der Waals surface area (Å²) in [7, 11) is -2.90. The average molecular weight is 355 g/mol. The van der Waals surface area contributed by atoms with Crippen molar-refractivity contribution >= 4 is 27.8 Å².